The summed E-state index contributed by atoms with van der Waals surface area (Å²) >= 11 is 0. The summed E-state index contributed by atoms with van der Waals surface area (Å²) in [5, 5.41) is 2.86. The van der Waals surface area contributed by atoms with Gasteiger partial charge in [0.1, 0.15) is 0 Å². The molecule has 23 heavy (non-hydrogen) atoms. The van der Waals surface area contributed by atoms with Gasteiger partial charge in [0, 0.05) is 25.9 Å². The van der Waals surface area contributed by atoms with Crippen LogP contribution in [0.15, 0.2) is 24.3 Å². The molecule has 0 radical (unpaired) electrons. The smallest absolute Gasteiger partial charge is 0.243 e. The number of amides is 2. The maximum Gasteiger partial charge on any atom is 0.243 e. The first-order chi connectivity index (χ1) is 11.0. The van der Waals surface area contributed by atoms with Gasteiger partial charge in [0.15, 0.2) is 0 Å². The lowest BCUT2D eigenvalue weighted by molar-refractivity contribution is -0.141. The van der Waals surface area contributed by atoms with E-state index in [4.69, 9.17) is 10.5 Å². The number of hydrogen-bond acceptors (Lipinski definition) is 4. The molecule has 6 heteroatoms. The summed E-state index contributed by atoms with van der Waals surface area (Å²) < 4.78 is 5.25. The predicted octanol–water partition coefficient (Wildman–Crippen LogP) is 1.15. The Balaban J connectivity index is 1.95. The van der Waals surface area contributed by atoms with Gasteiger partial charge in [0.05, 0.1) is 12.1 Å². The van der Waals surface area contributed by atoms with E-state index in [9.17, 15) is 9.59 Å². The molecule has 1 aliphatic heterocycles. The monoisotopic (exact) mass is 319 g/mol. The number of likely N-dealkylation sites (N-methyl/N-ethyl adjacent to an activating group) is 1. The highest BCUT2D eigenvalue weighted by molar-refractivity contribution is 5.96. The van der Waals surface area contributed by atoms with Crippen LogP contribution in [0.2, 0.25) is 0 Å². The molecule has 0 unspecified atom stereocenters. The lowest BCUT2D eigenvalue weighted by Gasteiger charge is -2.35. The predicted molar refractivity (Wildman–Crippen MR) is 89.1 cm³/mol. The lowest BCUT2D eigenvalue weighted by Crippen LogP contribution is -2.58. The van der Waals surface area contributed by atoms with Crippen molar-refractivity contribution in [3.63, 3.8) is 0 Å². The second kappa shape index (κ2) is 7.57. The number of aryl methyl sites for hydroxylation is 1. The molecule has 0 bridgehead atoms. The number of rotatable bonds is 5. The number of para-hydroxylation sites is 1. The van der Waals surface area contributed by atoms with E-state index in [1.54, 1.807) is 7.05 Å². The highest BCUT2D eigenvalue weighted by Crippen LogP contribution is 2.20. The third kappa shape index (κ3) is 4.30. The van der Waals surface area contributed by atoms with Gasteiger partial charge in [-0.15, -0.1) is 0 Å². The molecule has 0 saturated carbocycles. The van der Waals surface area contributed by atoms with Crippen LogP contribution in [0.5, 0.6) is 0 Å². The summed E-state index contributed by atoms with van der Waals surface area (Å²) in [7, 11) is 1.61. The second-order valence-corrected chi connectivity index (χ2v) is 5.99. The normalized spacial score (nSPS) is 16.7. The zero-order valence-electron chi connectivity index (χ0n) is 13.8. The molecule has 6 nitrogen and oxygen atoms in total. The van der Waals surface area contributed by atoms with E-state index in [2.05, 4.69) is 5.32 Å². The Morgan fingerprint density at radius 1 is 1.30 bits per heavy atom. The molecule has 2 rings (SSSR count). The Morgan fingerprint density at radius 3 is 2.61 bits per heavy atom. The minimum Gasteiger partial charge on any atom is -0.381 e. The molecule has 1 saturated heterocycles. The Kier molecular flexibility index (Phi) is 5.74. The number of nitrogens with zero attached hydrogens (tertiary/aromatic N) is 1. The summed E-state index contributed by atoms with van der Waals surface area (Å²) in [4.78, 5) is 26.1. The van der Waals surface area contributed by atoms with E-state index in [1.165, 1.54) is 4.90 Å². The average Bonchev–Trinajstić information content (AvgIpc) is 2.55. The van der Waals surface area contributed by atoms with Gasteiger partial charge in [-0.2, -0.15) is 0 Å². The highest BCUT2D eigenvalue weighted by atomic mass is 16.5. The van der Waals surface area contributed by atoms with Crippen LogP contribution < -0.4 is 11.1 Å². The first-order valence-electron chi connectivity index (χ1n) is 7.96. The molecule has 1 aliphatic rings. The summed E-state index contributed by atoms with van der Waals surface area (Å²) in [5.74, 6) is -0.433. The van der Waals surface area contributed by atoms with Crippen LogP contribution >= 0.6 is 0 Å². The number of hydrogen-bond donors (Lipinski definition) is 2. The highest BCUT2D eigenvalue weighted by Gasteiger charge is 2.38. The van der Waals surface area contributed by atoms with Gasteiger partial charge in [0.2, 0.25) is 11.8 Å². The fourth-order valence-electron chi connectivity index (χ4n) is 2.76. The van der Waals surface area contributed by atoms with Crippen LogP contribution in [0.1, 0.15) is 25.3 Å². The van der Waals surface area contributed by atoms with Crippen molar-refractivity contribution in [1.82, 2.24) is 4.90 Å². The molecule has 1 aromatic rings. The van der Waals surface area contributed by atoms with E-state index >= 15 is 0 Å². The van der Waals surface area contributed by atoms with Crippen molar-refractivity contribution in [3.8, 4) is 0 Å². The average molecular weight is 319 g/mol. The largest absolute Gasteiger partial charge is 0.381 e. The topological polar surface area (TPSA) is 84.7 Å². The van der Waals surface area contributed by atoms with E-state index in [0.717, 1.165) is 17.7 Å². The van der Waals surface area contributed by atoms with Crippen molar-refractivity contribution in [3.05, 3.63) is 29.8 Å². The number of nitrogens with two attached hydrogens (primary N) is 1. The number of anilines is 1. The quantitative estimate of drug-likeness (QED) is 0.853. The minimum atomic E-state index is -0.922. The molecular formula is C17H25N3O3. The fourth-order valence-corrected chi connectivity index (χ4v) is 2.76. The molecular weight excluding hydrogens is 294 g/mol. The maximum atomic E-state index is 12.5. The maximum absolute atomic E-state index is 12.5. The number of carbonyl (C=O) groups is 2. The van der Waals surface area contributed by atoms with Crippen molar-refractivity contribution in [1.29, 1.82) is 0 Å². The van der Waals surface area contributed by atoms with E-state index in [0.29, 0.717) is 26.1 Å². The van der Waals surface area contributed by atoms with Crippen LogP contribution in [-0.4, -0.2) is 49.1 Å². The Bertz CT molecular complexity index is 568. The van der Waals surface area contributed by atoms with Gasteiger partial charge >= 0.3 is 0 Å². The van der Waals surface area contributed by atoms with Crippen LogP contribution in [0.3, 0.4) is 0 Å². The molecule has 0 aliphatic carbocycles. The van der Waals surface area contributed by atoms with Crippen LogP contribution in [0.4, 0.5) is 5.69 Å². The molecule has 1 aromatic carbocycles. The Labute approximate surface area is 137 Å². The van der Waals surface area contributed by atoms with Gasteiger partial charge < -0.3 is 20.7 Å². The van der Waals surface area contributed by atoms with Crippen LogP contribution in [0, 0.1) is 0 Å². The number of carbonyl (C=O) groups excluding carboxylic acids is 2. The fraction of sp³-hybridized carbons (Fsp3) is 0.529. The summed E-state index contributed by atoms with van der Waals surface area (Å²) in [6.45, 7) is 2.97. The van der Waals surface area contributed by atoms with Crippen molar-refractivity contribution < 1.29 is 14.3 Å². The zero-order chi connectivity index (χ0) is 16.9. The molecule has 0 spiro atoms. The molecule has 2 amide bonds. The van der Waals surface area contributed by atoms with Crippen molar-refractivity contribution in [2.75, 3.05) is 32.1 Å². The number of nitrogens with one attached hydrogen (secondary N) is 1. The first kappa shape index (κ1) is 17.4. The summed E-state index contributed by atoms with van der Waals surface area (Å²) in [5.41, 5.74) is 7.10. The van der Waals surface area contributed by atoms with Crippen molar-refractivity contribution >= 4 is 17.5 Å². The van der Waals surface area contributed by atoms with Gasteiger partial charge in [0.25, 0.3) is 0 Å². The first-order valence-corrected chi connectivity index (χ1v) is 7.96. The molecule has 3 N–H and O–H groups in total. The summed E-state index contributed by atoms with van der Waals surface area (Å²) in [6, 6.07) is 7.65. The standard InChI is InChI=1S/C17H25N3O3/c1-3-13-6-4-5-7-14(13)19-15(21)12-20(2)16(22)17(18)8-10-23-11-9-17/h4-7H,3,8-12,18H2,1-2H3,(H,19,21). The molecule has 1 fully saturated rings. The second-order valence-electron chi connectivity index (χ2n) is 5.99. The van der Waals surface area contributed by atoms with Gasteiger partial charge in [-0.3, -0.25) is 9.59 Å². The van der Waals surface area contributed by atoms with Crippen molar-refractivity contribution in [2.24, 2.45) is 5.73 Å². The van der Waals surface area contributed by atoms with E-state index in [1.807, 2.05) is 31.2 Å². The molecule has 0 aromatic heterocycles. The molecule has 1 heterocycles. The van der Waals surface area contributed by atoms with E-state index < -0.39 is 5.54 Å². The Morgan fingerprint density at radius 2 is 1.96 bits per heavy atom. The van der Waals surface area contributed by atoms with Crippen molar-refractivity contribution in [2.45, 2.75) is 31.7 Å². The van der Waals surface area contributed by atoms with Gasteiger partial charge in [-0.05, 0) is 30.9 Å². The van der Waals surface area contributed by atoms with Gasteiger partial charge in [-0.25, -0.2) is 0 Å². The summed E-state index contributed by atoms with van der Waals surface area (Å²) in [6.07, 6.45) is 1.80. The third-order valence-electron chi connectivity index (χ3n) is 4.21. The molecule has 126 valence electrons. The number of benzene rings is 1. The third-order valence-corrected chi connectivity index (χ3v) is 4.21. The Hall–Kier alpha value is -1.92. The van der Waals surface area contributed by atoms with E-state index in [-0.39, 0.29) is 18.4 Å². The number of ether oxygens (including phenoxy) is 1. The van der Waals surface area contributed by atoms with Crippen LogP contribution in [-0.2, 0) is 20.7 Å². The van der Waals surface area contributed by atoms with Gasteiger partial charge in [-0.1, -0.05) is 25.1 Å². The SMILES string of the molecule is CCc1ccccc1NC(=O)CN(C)C(=O)C1(N)CCOCC1. The lowest BCUT2D eigenvalue weighted by atomic mass is 9.90. The van der Waals surface area contributed by atoms with Crippen LogP contribution in [0.25, 0.3) is 0 Å². The minimum absolute atomic E-state index is 0.0172. The zero-order valence-corrected chi connectivity index (χ0v) is 13.8. The molecule has 0 atom stereocenters.